The van der Waals surface area contributed by atoms with Gasteiger partial charge in [-0.15, -0.1) is 0 Å². The van der Waals surface area contributed by atoms with Gasteiger partial charge in [0.05, 0.1) is 17.4 Å². The molecule has 0 bridgehead atoms. The Labute approximate surface area is 252 Å². The van der Waals surface area contributed by atoms with Gasteiger partial charge in [0.25, 0.3) is 0 Å². The van der Waals surface area contributed by atoms with E-state index in [0.717, 1.165) is 60.9 Å². The van der Waals surface area contributed by atoms with E-state index in [2.05, 4.69) is 32.7 Å². The second-order valence-corrected chi connectivity index (χ2v) is 11.8. The highest BCUT2D eigenvalue weighted by Crippen LogP contribution is 2.31. The molecule has 2 heterocycles. The van der Waals surface area contributed by atoms with Crippen molar-refractivity contribution in [2.75, 3.05) is 6.54 Å². The predicted octanol–water partition coefficient (Wildman–Crippen LogP) is 5.21. The quantitative estimate of drug-likeness (QED) is 0.109. The van der Waals surface area contributed by atoms with E-state index in [1.807, 2.05) is 54.9 Å². The third kappa shape index (κ3) is 5.95. The highest BCUT2D eigenvalue weighted by Gasteiger charge is 2.42. The molecule has 6 rings (SSSR count). The number of fused-ring (bicyclic) bond motifs is 3. The minimum atomic E-state index is -2.02. The Balaban J connectivity index is 1.16. The van der Waals surface area contributed by atoms with Crippen LogP contribution in [0.2, 0.25) is 0 Å². The van der Waals surface area contributed by atoms with Gasteiger partial charge in [-0.3, -0.25) is 14.8 Å². The number of nitrogens with zero attached hydrogens (tertiary/aromatic N) is 2. The zero-order valence-electron chi connectivity index (χ0n) is 24.4. The van der Waals surface area contributed by atoms with Crippen molar-refractivity contribution in [3.63, 3.8) is 0 Å². The van der Waals surface area contributed by atoms with Gasteiger partial charge in [0.2, 0.25) is 0 Å². The number of carbonyl (C=O) groups is 2. The van der Waals surface area contributed by atoms with Crippen LogP contribution in [0.1, 0.15) is 89.0 Å². The smallest absolute Gasteiger partial charge is 0.331 e. The molecule has 2 aromatic carbocycles. The minimum Gasteiger partial charge on any atom is -0.480 e. The lowest BCUT2D eigenvalue weighted by Gasteiger charge is -2.27. The van der Waals surface area contributed by atoms with E-state index >= 15 is 0 Å². The summed E-state index contributed by atoms with van der Waals surface area (Å²) < 4.78 is 0. The average molecular weight is 578 g/mol. The second-order valence-electron chi connectivity index (χ2n) is 11.8. The number of Topliss-reactive ketones (excluding diaryl/α,β-unsaturated/α-hetero) is 1. The summed E-state index contributed by atoms with van der Waals surface area (Å²) in [5.74, 6) is -1.87. The Morgan fingerprint density at radius 2 is 1.47 bits per heavy atom. The number of aromatic nitrogens is 2. The van der Waals surface area contributed by atoms with E-state index in [9.17, 15) is 14.7 Å². The van der Waals surface area contributed by atoms with Gasteiger partial charge in [-0.2, -0.15) is 0 Å². The summed E-state index contributed by atoms with van der Waals surface area (Å²) in [6, 6.07) is 19.8. The topological polar surface area (TPSA) is 130 Å². The minimum absolute atomic E-state index is 0.0294. The van der Waals surface area contributed by atoms with Crippen molar-refractivity contribution in [2.24, 2.45) is 5.73 Å². The molecule has 222 valence electrons. The number of nitrogens with one attached hydrogen (secondary N) is 2. The van der Waals surface area contributed by atoms with Crippen LogP contribution in [0.25, 0.3) is 10.8 Å². The Morgan fingerprint density at radius 3 is 2.12 bits per heavy atom. The van der Waals surface area contributed by atoms with Crippen LogP contribution in [0, 0.1) is 0 Å². The number of aliphatic carboxylic acids is 1. The molecule has 0 saturated heterocycles. The molecule has 0 saturated carbocycles. The normalized spacial score (nSPS) is 19.3. The molecule has 0 fully saturated rings. The number of hydrogen-bond acceptors (Lipinski definition) is 7. The summed E-state index contributed by atoms with van der Waals surface area (Å²) in [7, 11) is 0. The van der Waals surface area contributed by atoms with Gasteiger partial charge in [0.1, 0.15) is 0 Å². The van der Waals surface area contributed by atoms with Crippen molar-refractivity contribution in [2.45, 2.75) is 75.5 Å². The maximum atomic E-state index is 13.9. The standard InChI is InChI=1S/C35H39N5O3/c36-35(34(42)43,18-7-21-37-29-14-3-8-23-10-5-19-38-31(23)29)33(41)28-17-16-25(26-12-1-2-13-27(26)28)22-40-30-15-4-9-24-11-6-20-39-32(24)30/h1-2,5-6,10-13,16-17,19-20,29-30,37,40H,3-4,7-9,14-15,18,21-22,36H2,(H,42,43)/t29?,30?,35-/m0/s1. The number of pyridine rings is 2. The number of aryl methyl sites for hydroxylation is 2. The number of ketones is 1. The molecule has 8 nitrogen and oxygen atoms in total. The summed E-state index contributed by atoms with van der Waals surface area (Å²) in [4.78, 5) is 35.6. The number of carbonyl (C=O) groups excluding carboxylic acids is 1. The molecule has 2 aliphatic carbocycles. The van der Waals surface area contributed by atoms with Crippen LogP contribution in [0.4, 0.5) is 0 Å². The molecule has 2 unspecified atom stereocenters. The van der Waals surface area contributed by atoms with Crippen LogP contribution >= 0.6 is 0 Å². The van der Waals surface area contributed by atoms with E-state index in [1.54, 1.807) is 6.07 Å². The van der Waals surface area contributed by atoms with Crippen LogP contribution < -0.4 is 16.4 Å². The second kappa shape index (κ2) is 12.7. The van der Waals surface area contributed by atoms with E-state index in [-0.39, 0.29) is 18.5 Å². The molecule has 2 aromatic heterocycles. The lowest BCUT2D eigenvalue weighted by Crippen LogP contribution is -2.55. The average Bonchev–Trinajstić information content (AvgIpc) is 3.05. The van der Waals surface area contributed by atoms with Crippen LogP contribution in [-0.4, -0.2) is 38.9 Å². The monoisotopic (exact) mass is 577 g/mol. The molecule has 0 spiro atoms. The Hall–Kier alpha value is -3.98. The highest BCUT2D eigenvalue weighted by molar-refractivity contribution is 6.20. The summed E-state index contributed by atoms with van der Waals surface area (Å²) in [6.07, 6.45) is 10.4. The molecule has 2 aliphatic rings. The summed E-state index contributed by atoms with van der Waals surface area (Å²) in [5, 5.41) is 19.0. The molecular weight excluding hydrogens is 538 g/mol. The molecule has 8 heteroatoms. The molecule has 0 aliphatic heterocycles. The highest BCUT2D eigenvalue weighted by atomic mass is 16.4. The van der Waals surface area contributed by atoms with Crippen LogP contribution in [0.15, 0.2) is 73.1 Å². The molecule has 4 aromatic rings. The largest absolute Gasteiger partial charge is 0.480 e. The fourth-order valence-electron chi connectivity index (χ4n) is 6.76. The van der Waals surface area contributed by atoms with Crippen molar-refractivity contribution in [1.29, 1.82) is 0 Å². The molecule has 3 atom stereocenters. The van der Waals surface area contributed by atoms with E-state index < -0.39 is 17.3 Å². The third-order valence-electron chi connectivity index (χ3n) is 9.11. The lowest BCUT2D eigenvalue weighted by molar-refractivity contribution is -0.141. The Kier molecular flexibility index (Phi) is 8.61. The van der Waals surface area contributed by atoms with E-state index in [1.165, 1.54) is 11.1 Å². The number of carboxylic acid groups (broad SMARTS) is 1. The first-order chi connectivity index (χ1) is 21.0. The first kappa shape index (κ1) is 29.1. The maximum Gasteiger partial charge on any atom is 0.331 e. The SMILES string of the molecule is N[C@](CCCNC1CCCc2cccnc21)(C(=O)O)C(=O)c1ccc(CNC2CCCc3cccnc32)c2ccccc12. The third-order valence-corrected chi connectivity index (χ3v) is 9.11. The van der Waals surface area contributed by atoms with E-state index in [0.29, 0.717) is 30.5 Å². The van der Waals surface area contributed by atoms with Gasteiger partial charge < -0.3 is 21.5 Å². The van der Waals surface area contributed by atoms with Crippen molar-refractivity contribution in [3.05, 3.63) is 107 Å². The fraction of sp³-hybridized carbons (Fsp3) is 0.371. The van der Waals surface area contributed by atoms with E-state index in [4.69, 9.17) is 5.73 Å². The fourth-order valence-corrected chi connectivity index (χ4v) is 6.76. The molecular formula is C35H39N5O3. The first-order valence-electron chi connectivity index (χ1n) is 15.4. The van der Waals surface area contributed by atoms with Crippen molar-refractivity contribution >= 4 is 22.5 Å². The summed E-state index contributed by atoms with van der Waals surface area (Å²) >= 11 is 0. The van der Waals surface area contributed by atoms with Gasteiger partial charge in [0, 0.05) is 30.5 Å². The van der Waals surface area contributed by atoms with Crippen molar-refractivity contribution in [3.8, 4) is 0 Å². The molecule has 0 radical (unpaired) electrons. The number of hydrogen-bond donors (Lipinski definition) is 4. The van der Waals surface area contributed by atoms with Gasteiger partial charge in [-0.25, -0.2) is 4.79 Å². The summed E-state index contributed by atoms with van der Waals surface area (Å²) in [5.41, 5.74) is 10.5. The van der Waals surface area contributed by atoms with Crippen LogP contribution in [0.5, 0.6) is 0 Å². The van der Waals surface area contributed by atoms with Gasteiger partial charge in [0.15, 0.2) is 11.3 Å². The van der Waals surface area contributed by atoms with Gasteiger partial charge >= 0.3 is 5.97 Å². The van der Waals surface area contributed by atoms with Crippen LogP contribution in [-0.2, 0) is 24.2 Å². The predicted molar refractivity (Wildman–Crippen MR) is 167 cm³/mol. The summed E-state index contributed by atoms with van der Waals surface area (Å²) in [6.45, 7) is 1.15. The van der Waals surface area contributed by atoms with Crippen molar-refractivity contribution < 1.29 is 14.7 Å². The molecule has 5 N–H and O–H groups in total. The number of rotatable bonds is 11. The Morgan fingerprint density at radius 1 is 0.837 bits per heavy atom. The van der Waals surface area contributed by atoms with Gasteiger partial charge in [-0.1, -0.05) is 48.5 Å². The zero-order valence-corrected chi connectivity index (χ0v) is 24.4. The molecule has 0 amide bonds. The maximum absolute atomic E-state index is 13.9. The Bertz CT molecular complexity index is 1640. The first-order valence-corrected chi connectivity index (χ1v) is 15.4. The molecule has 43 heavy (non-hydrogen) atoms. The van der Waals surface area contributed by atoms with Crippen molar-refractivity contribution in [1.82, 2.24) is 20.6 Å². The zero-order chi connectivity index (χ0) is 29.8. The van der Waals surface area contributed by atoms with Gasteiger partial charge in [-0.05, 0) is 97.5 Å². The van der Waals surface area contributed by atoms with Crippen LogP contribution in [0.3, 0.4) is 0 Å². The number of carboxylic acids is 1. The number of nitrogens with two attached hydrogens (primary N) is 1. The number of benzene rings is 2. The lowest BCUT2D eigenvalue weighted by atomic mass is 9.83.